The average Bonchev–Trinajstić information content (AvgIpc) is 2.97. The molecule has 2 heterocycles. The van der Waals surface area contributed by atoms with Crippen LogP contribution in [0.3, 0.4) is 0 Å². The zero-order valence-corrected chi connectivity index (χ0v) is 18.4. The molecule has 0 radical (unpaired) electrons. The van der Waals surface area contributed by atoms with Crippen LogP contribution in [0.5, 0.6) is 11.5 Å². The maximum Gasteiger partial charge on any atom is 0.262 e. The molecule has 1 N–H and O–H groups in total. The molecule has 0 aliphatic carbocycles. The summed E-state index contributed by atoms with van der Waals surface area (Å²) >= 11 is 0. The number of carbonyl (C=O) groups is 1. The lowest BCUT2D eigenvalue weighted by Crippen LogP contribution is -2.50. The monoisotopic (exact) mass is 446 g/mol. The van der Waals surface area contributed by atoms with Gasteiger partial charge in [-0.2, -0.15) is 0 Å². The molecule has 1 saturated heterocycles. The van der Waals surface area contributed by atoms with Crippen LogP contribution in [0.1, 0.15) is 30.6 Å². The van der Waals surface area contributed by atoms with E-state index in [1.807, 2.05) is 13.8 Å². The van der Waals surface area contributed by atoms with Crippen LogP contribution in [0.25, 0.3) is 0 Å². The highest BCUT2D eigenvalue weighted by Gasteiger charge is 2.30. The van der Waals surface area contributed by atoms with Gasteiger partial charge in [-0.3, -0.25) is 9.52 Å². The first-order chi connectivity index (χ1) is 14.7. The third-order valence-electron chi connectivity index (χ3n) is 5.10. The summed E-state index contributed by atoms with van der Waals surface area (Å²) in [6.07, 6.45) is 0.732. The highest BCUT2D eigenvalue weighted by Crippen LogP contribution is 2.32. The van der Waals surface area contributed by atoms with Crippen molar-refractivity contribution in [1.82, 2.24) is 4.90 Å². The van der Waals surface area contributed by atoms with Crippen molar-refractivity contribution in [1.29, 1.82) is 0 Å². The number of amides is 1. The van der Waals surface area contributed by atoms with Gasteiger partial charge in [0.1, 0.15) is 0 Å². The molecule has 0 bridgehead atoms. The second-order valence-electron chi connectivity index (χ2n) is 8.18. The molecule has 8 nitrogen and oxygen atoms in total. The van der Waals surface area contributed by atoms with Gasteiger partial charge in [0, 0.05) is 36.8 Å². The SMILES string of the molecule is CC1(C)CN(C(=O)c2cccc(NS(=O)(=O)c3ccc4c(c3)OCCCO4)c2)CCO1. The number of fused-ring (bicyclic) bond motifs is 1. The molecule has 9 heteroatoms. The number of morpholine rings is 1. The van der Waals surface area contributed by atoms with Gasteiger partial charge in [0.2, 0.25) is 0 Å². The Kier molecular flexibility index (Phi) is 5.81. The van der Waals surface area contributed by atoms with Gasteiger partial charge in [-0.05, 0) is 44.2 Å². The fourth-order valence-electron chi connectivity index (χ4n) is 3.61. The quantitative estimate of drug-likeness (QED) is 0.776. The van der Waals surface area contributed by atoms with Gasteiger partial charge >= 0.3 is 0 Å². The molecule has 2 aromatic rings. The summed E-state index contributed by atoms with van der Waals surface area (Å²) in [5.74, 6) is 0.768. The minimum absolute atomic E-state index is 0.0587. The van der Waals surface area contributed by atoms with Gasteiger partial charge in [0.15, 0.2) is 11.5 Å². The van der Waals surface area contributed by atoms with Gasteiger partial charge in [-0.25, -0.2) is 8.42 Å². The lowest BCUT2D eigenvalue weighted by atomic mass is 10.1. The van der Waals surface area contributed by atoms with E-state index in [0.29, 0.717) is 55.7 Å². The van der Waals surface area contributed by atoms with Gasteiger partial charge < -0.3 is 19.1 Å². The molecule has 1 amide bonds. The van der Waals surface area contributed by atoms with Gasteiger partial charge in [-0.15, -0.1) is 0 Å². The standard InChI is InChI=1S/C22H26N2O6S/c1-22(2)15-24(9-12-30-22)21(25)16-5-3-6-17(13-16)23-31(26,27)18-7-8-19-20(14-18)29-11-4-10-28-19/h3,5-8,13-14,23H,4,9-12,15H2,1-2H3. The third-order valence-corrected chi connectivity index (χ3v) is 6.48. The maximum atomic E-state index is 12.9. The molecule has 0 saturated carbocycles. The number of nitrogens with zero attached hydrogens (tertiary/aromatic N) is 1. The number of carbonyl (C=O) groups excluding carboxylic acids is 1. The molecule has 1 fully saturated rings. The minimum Gasteiger partial charge on any atom is -0.490 e. The largest absolute Gasteiger partial charge is 0.490 e. The molecule has 166 valence electrons. The Morgan fingerprint density at radius 1 is 1.03 bits per heavy atom. The molecule has 4 rings (SSSR count). The molecular weight excluding hydrogens is 420 g/mol. The first kappa shape index (κ1) is 21.5. The zero-order valence-electron chi connectivity index (χ0n) is 17.6. The summed E-state index contributed by atoms with van der Waals surface area (Å²) < 4.78 is 45.2. The zero-order chi connectivity index (χ0) is 22.1. The average molecular weight is 447 g/mol. The van der Waals surface area contributed by atoms with Crippen molar-refractivity contribution in [2.24, 2.45) is 0 Å². The Hall–Kier alpha value is -2.78. The van der Waals surface area contributed by atoms with E-state index < -0.39 is 15.6 Å². The Balaban J connectivity index is 1.53. The van der Waals surface area contributed by atoms with E-state index in [0.717, 1.165) is 6.42 Å². The number of ether oxygens (including phenoxy) is 3. The maximum absolute atomic E-state index is 12.9. The van der Waals surface area contributed by atoms with Crippen LogP contribution in [0.2, 0.25) is 0 Å². The van der Waals surface area contributed by atoms with Crippen molar-refractivity contribution in [3.05, 3.63) is 48.0 Å². The second kappa shape index (κ2) is 8.39. The molecule has 2 aromatic carbocycles. The van der Waals surface area contributed by atoms with Crippen LogP contribution in [0, 0.1) is 0 Å². The Labute approximate surface area is 182 Å². The first-order valence-corrected chi connectivity index (χ1v) is 11.7. The number of nitrogens with one attached hydrogen (secondary N) is 1. The lowest BCUT2D eigenvalue weighted by Gasteiger charge is -2.38. The van der Waals surface area contributed by atoms with E-state index in [-0.39, 0.29) is 10.8 Å². The fourth-order valence-corrected chi connectivity index (χ4v) is 4.68. The van der Waals surface area contributed by atoms with Crippen molar-refractivity contribution >= 4 is 21.6 Å². The molecular formula is C22H26N2O6S. The Bertz CT molecular complexity index is 1080. The predicted molar refractivity (Wildman–Crippen MR) is 115 cm³/mol. The number of sulfonamides is 1. The fraction of sp³-hybridized carbons (Fsp3) is 0.409. The van der Waals surface area contributed by atoms with Gasteiger partial charge in [0.25, 0.3) is 15.9 Å². The number of anilines is 1. The van der Waals surface area contributed by atoms with Crippen LogP contribution in [-0.2, 0) is 14.8 Å². The van der Waals surface area contributed by atoms with Crippen LogP contribution in [-0.4, -0.2) is 57.7 Å². The van der Waals surface area contributed by atoms with E-state index in [1.54, 1.807) is 35.2 Å². The normalized spacial score (nSPS) is 18.2. The summed E-state index contributed by atoms with van der Waals surface area (Å²) in [6.45, 7) is 6.30. The minimum atomic E-state index is -3.88. The highest BCUT2D eigenvalue weighted by molar-refractivity contribution is 7.92. The van der Waals surface area contributed by atoms with Crippen molar-refractivity contribution in [3.63, 3.8) is 0 Å². The number of hydrogen-bond acceptors (Lipinski definition) is 6. The van der Waals surface area contributed by atoms with E-state index in [4.69, 9.17) is 14.2 Å². The molecule has 31 heavy (non-hydrogen) atoms. The number of hydrogen-bond donors (Lipinski definition) is 1. The van der Waals surface area contributed by atoms with E-state index in [1.165, 1.54) is 12.1 Å². The summed E-state index contributed by atoms with van der Waals surface area (Å²) in [4.78, 5) is 14.7. The van der Waals surface area contributed by atoms with Crippen molar-refractivity contribution in [2.45, 2.75) is 30.8 Å². The Morgan fingerprint density at radius 2 is 1.81 bits per heavy atom. The number of benzene rings is 2. The molecule has 0 atom stereocenters. The molecule has 2 aliphatic rings. The van der Waals surface area contributed by atoms with Gasteiger partial charge in [0.05, 0.1) is 30.3 Å². The van der Waals surface area contributed by atoms with Crippen LogP contribution < -0.4 is 14.2 Å². The summed E-state index contributed by atoms with van der Waals surface area (Å²) in [5.41, 5.74) is 0.312. The predicted octanol–water partition coefficient (Wildman–Crippen LogP) is 2.90. The molecule has 0 aromatic heterocycles. The van der Waals surface area contributed by atoms with Crippen LogP contribution in [0.15, 0.2) is 47.4 Å². The van der Waals surface area contributed by atoms with Crippen molar-refractivity contribution in [3.8, 4) is 11.5 Å². The summed E-state index contributed by atoms with van der Waals surface area (Å²) in [7, 11) is -3.88. The van der Waals surface area contributed by atoms with Gasteiger partial charge in [-0.1, -0.05) is 6.07 Å². The topological polar surface area (TPSA) is 94.2 Å². The summed E-state index contributed by atoms with van der Waals surface area (Å²) in [6, 6.07) is 11.0. The number of rotatable bonds is 4. The third kappa shape index (κ3) is 4.94. The lowest BCUT2D eigenvalue weighted by molar-refractivity contribution is -0.0764. The van der Waals surface area contributed by atoms with E-state index >= 15 is 0 Å². The van der Waals surface area contributed by atoms with Crippen molar-refractivity contribution < 1.29 is 27.4 Å². The van der Waals surface area contributed by atoms with Crippen molar-refractivity contribution in [2.75, 3.05) is 37.6 Å². The van der Waals surface area contributed by atoms with E-state index in [2.05, 4.69) is 4.72 Å². The Morgan fingerprint density at radius 3 is 2.58 bits per heavy atom. The van der Waals surface area contributed by atoms with E-state index in [9.17, 15) is 13.2 Å². The first-order valence-electron chi connectivity index (χ1n) is 10.2. The molecule has 0 unspecified atom stereocenters. The summed E-state index contributed by atoms with van der Waals surface area (Å²) in [5, 5.41) is 0. The molecule has 2 aliphatic heterocycles. The molecule has 0 spiro atoms. The highest BCUT2D eigenvalue weighted by atomic mass is 32.2. The second-order valence-corrected chi connectivity index (χ2v) is 9.86. The van der Waals surface area contributed by atoms with Crippen LogP contribution in [0.4, 0.5) is 5.69 Å². The smallest absolute Gasteiger partial charge is 0.262 e. The van der Waals surface area contributed by atoms with Crippen LogP contribution >= 0.6 is 0 Å².